The summed E-state index contributed by atoms with van der Waals surface area (Å²) in [6.07, 6.45) is 3.43. The summed E-state index contributed by atoms with van der Waals surface area (Å²) in [7, 11) is -3.65. The van der Waals surface area contributed by atoms with Crippen molar-refractivity contribution in [1.82, 2.24) is 9.03 Å². The van der Waals surface area contributed by atoms with E-state index >= 15 is 0 Å². The maximum absolute atomic E-state index is 12.6. The second-order valence-corrected chi connectivity index (χ2v) is 8.26. The van der Waals surface area contributed by atoms with Gasteiger partial charge < -0.3 is 5.11 Å². The summed E-state index contributed by atoms with van der Waals surface area (Å²) in [5, 5.41) is 9.12. The molecule has 2 N–H and O–H groups in total. The van der Waals surface area contributed by atoms with Gasteiger partial charge in [-0.3, -0.25) is 4.79 Å². The van der Waals surface area contributed by atoms with Crippen LogP contribution >= 0.6 is 0 Å². The van der Waals surface area contributed by atoms with Crippen LogP contribution < -0.4 is 4.72 Å². The Morgan fingerprint density at radius 3 is 2.61 bits per heavy atom. The molecule has 1 aromatic carbocycles. The minimum atomic E-state index is -3.65. The summed E-state index contributed by atoms with van der Waals surface area (Å²) in [6.45, 7) is 0.451. The Labute approximate surface area is 136 Å². The number of carboxylic acids is 1. The third-order valence-corrected chi connectivity index (χ3v) is 6.36. The first-order valence-corrected chi connectivity index (χ1v) is 9.40. The predicted molar refractivity (Wildman–Crippen MR) is 86.1 cm³/mol. The lowest BCUT2D eigenvalue weighted by Crippen LogP contribution is -2.51. The van der Waals surface area contributed by atoms with Crippen LogP contribution in [0.5, 0.6) is 0 Å². The van der Waals surface area contributed by atoms with E-state index in [4.69, 9.17) is 5.11 Å². The second kappa shape index (κ2) is 6.22. The molecule has 1 aliphatic heterocycles. The molecule has 0 spiro atoms. The van der Waals surface area contributed by atoms with Crippen molar-refractivity contribution in [3.05, 3.63) is 35.9 Å². The largest absolute Gasteiger partial charge is 0.481 e. The van der Waals surface area contributed by atoms with Gasteiger partial charge in [0.1, 0.15) is 0 Å². The lowest BCUT2D eigenvalue weighted by Gasteiger charge is -2.31. The molecule has 2 aliphatic rings. The van der Waals surface area contributed by atoms with Crippen molar-refractivity contribution in [3.63, 3.8) is 0 Å². The Kier molecular flexibility index (Phi) is 4.44. The molecular weight excluding hydrogens is 316 g/mol. The van der Waals surface area contributed by atoms with E-state index in [1.54, 1.807) is 0 Å². The molecule has 1 atom stereocenters. The standard InChI is InChI=1S/C16H22N2O4S/c19-15(20)14-7-4-10-18(12-14)23(21,22)17-16(8-9-16)11-13-5-2-1-3-6-13/h1-3,5-6,14,17H,4,7-12H2,(H,19,20). The van der Waals surface area contributed by atoms with Gasteiger partial charge in [-0.2, -0.15) is 17.4 Å². The highest BCUT2D eigenvalue weighted by atomic mass is 32.2. The molecule has 2 fully saturated rings. The van der Waals surface area contributed by atoms with Crippen molar-refractivity contribution in [1.29, 1.82) is 0 Å². The molecule has 3 rings (SSSR count). The van der Waals surface area contributed by atoms with Crippen molar-refractivity contribution < 1.29 is 18.3 Å². The molecule has 1 aliphatic carbocycles. The zero-order valence-corrected chi connectivity index (χ0v) is 13.8. The van der Waals surface area contributed by atoms with Crippen molar-refractivity contribution in [2.45, 2.75) is 37.6 Å². The highest BCUT2D eigenvalue weighted by Gasteiger charge is 2.47. The summed E-state index contributed by atoms with van der Waals surface area (Å²) >= 11 is 0. The monoisotopic (exact) mass is 338 g/mol. The zero-order chi connectivity index (χ0) is 16.5. The SMILES string of the molecule is O=C(O)C1CCCN(S(=O)(=O)NC2(Cc3ccccc3)CC2)C1. The average molecular weight is 338 g/mol. The Morgan fingerprint density at radius 2 is 2.00 bits per heavy atom. The molecule has 0 aromatic heterocycles. The smallest absolute Gasteiger partial charge is 0.307 e. The number of rotatable bonds is 6. The number of hydrogen-bond acceptors (Lipinski definition) is 3. The molecule has 6 nitrogen and oxygen atoms in total. The predicted octanol–water partition coefficient (Wildman–Crippen LogP) is 1.39. The van der Waals surface area contributed by atoms with Gasteiger partial charge in [0.2, 0.25) is 0 Å². The van der Waals surface area contributed by atoms with E-state index in [-0.39, 0.29) is 6.54 Å². The van der Waals surface area contributed by atoms with Crippen LogP contribution in [-0.4, -0.2) is 42.4 Å². The molecule has 1 saturated heterocycles. The molecular formula is C16H22N2O4S. The topological polar surface area (TPSA) is 86.7 Å². The van der Waals surface area contributed by atoms with E-state index in [9.17, 15) is 13.2 Å². The third-order valence-electron chi connectivity index (χ3n) is 4.66. The summed E-state index contributed by atoms with van der Waals surface area (Å²) in [6, 6.07) is 9.82. The zero-order valence-electron chi connectivity index (χ0n) is 12.9. The van der Waals surface area contributed by atoms with Gasteiger partial charge in [0.15, 0.2) is 0 Å². The normalized spacial score (nSPS) is 24.3. The van der Waals surface area contributed by atoms with Crippen LogP contribution in [0.4, 0.5) is 0 Å². The lowest BCUT2D eigenvalue weighted by molar-refractivity contribution is -0.142. The van der Waals surface area contributed by atoms with Gasteiger partial charge in [-0.1, -0.05) is 30.3 Å². The Bertz CT molecular complexity index is 671. The molecule has 0 amide bonds. The number of aliphatic carboxylic acids is 1. The second-order valence-electron chi connectivity index (χ2n) is 6.59. The molecule has 0 bridgehead atoms. The van der Waals surface area contributed by atoms with Crippen molar-refractivity contribution in [2.75, 3.05) is 13.1 Å². The molecule has 1 heterocycles. The first kappa shape index (κ1) is 16.4. The Balaban J connectivity index is 1.67. The maximum Gasteiger partial charge on any atom is 0.307 e. The molecule has 1 unspecified atom stereocenters. The molecule has 0 radical (unpaired) electrons. The number of nitrogens with one attached hydrogen (secondary N) is 1. The summed E-state index contributed by atoms with van der Waals surface area (Å²) in [5.74, 6) is -1.53. The van der Waals surface area contributed by atoms with Gasteiger partial charge in [0.05, 0.1) is 5.92 Å². The number of benzene rings is 1. The summed E-state index contributed by atoms with van der Waals surface area (Å²) in [4.78, 5) is 11.1. The minimum absolute atomic E-state index is 0.0616. The average Bonchev–Trinajstić information content (AvgIpc) is 3.26. The quantitative estimate of drug-likeness (QED) is 0.821. The number of nitrogens with zero attached hydrogens (tertiary/aromatic N) is 1. The highest BCUT2D eigenvalue weighted by molar-refractivity contribution is 7.87. The van der Waals surface area contributed by atoms with Crippen LogP contribution in [0.15, 0.2) is 30.3 Å². The van der Waals surface area contributed by atoms with Crippen molar-refractivity contribution >= 4 is 16.2 Å². The highest BCUT2D eigenvalue weighted by Crippen LogP contribution is 2.39. The molecule has 23 heavy (non-hydrogen) atoms. The first-order valence-electron chi connectivity index (χ1n) is 7.96. The van der Waals surface area contributed by atoms with E-state index in [2.05, 4.69) is 4.72 Å². The van der Waals surface area contributed by atoms with E-state index in [1.807, 2.05) is 30.3 Å². The molecule has 1 saturated carbocycles. The number of carboxylic acid groups (broad SMARTS) is 1. The van der Waals surface area contributed by atoms with Gasteiger partial charge in [-0.15, -0.1) is 0 Å². The number of hydrogen-bond donors (Lipinski definition) is 2. The Morgan fingerprint density at radius 1 is 1.30 bits per heavy atom. The lowest BCUT2D eigenvalue weighted by atomic mass is 10.0. The van der Waals surface area contributed by atoms with Gasteiger partial charge in [-0.25, -0.2) is 0 Å². The maximum atomic E-state index is 12.6. The third kappa shape index (κ3) is 3.91. The molecule has 7 heteroatoms. The van der Waals surface area contributed by atoms with Crippen LogP contribution in [0.2, 0.25) is 0 Å². The Hall–Kier alpha value is -1.44. The first-order chi connectivity index (χ1) is 10.9. The van der Waals surface area contributed by atoms with E-state index < -0.39 is 27.6 Å². The van der Waals surface area contributed by atoms with Crippen LogP contribution in [0.25, 0.3) is 0 Å². The van der Waals surface area contributed by atoms with Crippen LogP contribution in [0.3, 0.4) is 0 Å². The fraction of sp³-hybridized carbons (Fsp3) is 0.562. The summed E-state index contributed by atoms with van der Waals surface area (Å²) < 4.78 is 29.4. The van der Waals surface area contributed by atoms with Gasteiger partial charge in [0, 0.05) is 18.6 Å². The van der Waals surface area contributed by atoms with Gasteiger partial charge in [0.25, 0.3) is 10.2 Å². The fourth-order valence-corrected chi connectivity index (χ4v) is 4.85. The van der Waals surface area contributed by atoms with Gasteiger partial charge >= 0.3 is 5.97 Å². The van der Waals surface area contributed by atoms with Crippen molar-refractivity contribution in [2.24, 2.45) is 5.92 Å². The van der Waals surface area contributed by atoms with Crippen molar-refractivity contribution in [3.8, 4) is 0 Å². The molecule has 126 valence electrons. The van der Waals surface area contributed by atoms with E-state index in [0.717, 1.165) is 18.4 Å². The fourth-order valence-electron chi connectivity index (χ4n) is 3.15. The van der Waals surface area contributed by atoms with E-state index in [0.29, 0.717) is 25.8 Å². The van der Waals surface area contributed by atoms with Crippen LogP contribution in [0.1, 0.15) is 31.2 Å². The molecule has 1 aromatic rings. The van der Waals surface area contributed by atoms with Gasteiger partial charge in [-0.05, 0) is 37.7 Å². The summed E-state index contributed by atoms with van der Waals surface area (Å²) in [5.41, 5.74) is 0.700. The number of carbonyl (C=O) groups is 1. The van der Waals surface area contributed by atoms with E-state index in [1.165, 1.54) is 4.31 Å². The number of piperidine rings is 1. The van der Waals surface area contributed by atoms with Crippen LogP contribution in [-0.2, 0) is 21.4 Å². The minimum Gasteiger partial charge on any atom is -0.481 e. The van der Waals surface area contributed by atoms with Crippen LogP contribution in [0, 0.1) is 5.92 Å².